The number of hydrogen-bond acceptors (Lipinski definition) is 2. The first kappa shape index (κ1) is 10.7. The fraction of sp³-hybridized carbons (Fsp3) is 0.455. The summed E-state index contributed by atoms with van der Waals surface area (Å²) in [5.41, 5.74) is 1.34. The molecule has 0 radical (unpaired) electrons. The lowest BCUT2D eigenvalue weighted by Gasteiger charge is -2.09. The van der Waals surface area contributed by atoms with Crippen molar-refractivity contribution < 1.29 is 4.92 Å². The third kappa shape index (κ3) is 2.55. The molecule has 1 aromatic rings. The Hall–Kier alpha value is -1.38. The van der Waals surface area contributed by atoms with Gasteiger partial charge in [0.1, 0.15) is 0 Å². The average molecular weight is 193 g/mol. The third-order valence-electron chi connectivity index (χ3n) is 2.39. The zero-order valence-corrected chi connectivity index (χ0v) is 8.56. The maximum Gasteiger partial charge on any atom is 0.269 e. The van der Waals surface area contributed by atoms with Gasteiger partial charge in [0.05, 0.1) is 4.92 Å². The Balaban J connectivity index is 2.77. The molecule has 0 fully saturated rings. The van der Waals surface area contributed by atoms with Crippen molar-refractivity contribution in [1.82, 2.24) is 0 Å². The number of nitrogens with zero attached hydrogens (tertiary/aromatic N) is 1. The Labute approximate surface area is 83.9 Å². The van der Waals surface area contributed by atoms with Crippen LogP contribution in [0.3, 0.4) is 0 Å². The molecule has 1 rings (SSSR count). The van der Waals surface area contributed by atoms with Gasteiger partial charge in [-0.1, -0.05) is 32.4 Å². The number of benzene rings is 1. The van der Waals surface area contributed by atoms with Crippen LogP contribution in [0.25, 0.3) is 0 Å². The summed E-state index contributed by atoms with van der Waals surface area (Å²) >= 11 is 0. The van der Waals surface area contributed by atoms with Crippen LogP contribution in [0, 0.1) is 10.1 Å². The molecule has 0 saturated heterocycles. The van der Waals surface area contributed by atoms with E-state index in [0.717, 1.165) is 12.8 Å². The van der Waals surface area contributed by atoms with E-state index < -0.39 is 0 Å². The van der Waals surface area contributed by atoms with Crippen molar-refractivity contribution in [3.8, 4) is 0 Å². The molecule has 3 heteroatoms. The molecular formula is C11H15NO2. The molecule has 76 valence electrons. The van der Waals surface area contributed by atoms with E-state index in [0.29, 0.717) is 5.92 Å². The maximum absolute atomic E-state index is 10.4. The average Bonchev–Trinajstić information content (AvgIpc) is 2.18. The molecule has 0 aliphatic rings. The quantitative estimate of drug-likeness (QED) is 0.542. The number of non-ortho nitro benzene ring substituents is 1. The van der Waals surface area contributed by atoms with Gasteiger partial charge in [0.25, 0.3) is 5.69 Å². The highest BCUT2D eigenvalue weighted by Crippen LogP contribution is 2.22. The van der Waals surface area contributed by atoms with Crippen molar-refractivity contribution in [2.24, 2.45) is 0 Å². The molecule has 0 bridgehead atoms. The van der Waals surface area contributed by atoms with Crippen LogP contribution in [0.5, 0.6) is 0 Å². The van der Waals surface area contributed by atoms with Gasteiger partial charge in [-0.3, -0.25) is 10.1 Å². The maximum atomic E-state index is 10.4. The lowest BCUT2D eigenvalue weighted by atomic mass is 9.96. The first-order chi connectivity index (χ1) is 6.65. The molecule has 1 aromatic carbocycles. The molecule has 1 unspecified atom stereocenters. The van der Waals surface area contributed by atoms with E-state index in [1.54, 1.807) is 12.1 Å². The first-order valence-electron chi connectivity index (χ1n) is 4.89. The molecule has 14 heavy (non-hydrogen) atoms. The van der Waals surface area contributed by atoms with Crippen LogP contribution in [0.1, 0.15) is 38.2 Å². The predicted molar refractivity (Wildman–Crippen MR) is 56.4 cm³/mol. The second-order valence-corrected chi connectivity index (χ2v) is 3.54. The van der Waals surface area contributed by atoms with Gasteiger partial charge in [-0.25, -0.2) is 0 Å². The van der Waals surface area contributed by atoms with Crippen LogP contribution in [0.2, 0.25) is 0 Å². The van der Waals surface area contributed by atoms with Gasteiger partial charge >= 0.3 is 0 Å². The smallest absolute Gasteiger partial charge is 0.258 e. The van der Waals surface area contributed by atoms with Crippen molar-refractivity contribution in [3.63, 3.8) is 0 Å². The van der Waals surface area contributed by atoms with E-state index >= 15 is 0 Å². The highest BCUT2D eigenvalue weighted by Gasteiger charge is 2.07. The van der Waals surface area contributed by atoms with E-state index in [1.165, 1.54) is 5.56 Å². The lowest BCUT2D eigenvalue weighted by Crippen LogP contribution is -1.93. The number of hydrogen-bond donors (Lipinski definition) is 0. The molecule has 0 aliphatic heterocycles. The highest BCUT2D eigenvalue weighted by molar-refractivity contribution is 5.34. The van der Waals surface area contributed by atoms with Crippen molar-refractivity contribution in [2.75, 3.05) is 0 Å². The van der Waals surface area contributed by atoms with E-state index in [2.05, 4.69) is 13.8 Å². The summed E-state index contributed by atoms with van der Waals surface area (Å²) in [6, 6.07) is 6.83. The van der Waals surface area contributed by atoms with Crippen LogP contribution in [-0.4, -0.2) is 4.92 Å². The van der Waals surface area contributed by atoms with Gasteiger partial charge < -0.3 is 0 Å². The van der Waals surface area contributed by atoms with Crippen molar-refractivity contribution >= 4 is 5.69 Å². The Morgan fingerprint density at radius 1 is 1.36 bits per heavy atom. The summed E-state index contributed by atoms with van der Waals surface area (Å²) in [6.07, 6.45) is 2.26. The number of rotatable bonds is 4. The summed E-state index contributed by atoms with van der Waals surface area (Å²) in [5.74, 6) is 0.487. The number of nitro groups is 1. The molecule has 1 atom stereocenters. The standard InChI is InChI=1S/C11H15NO2/c1-3-4-9(2)10-5-7-11(8-6-10)12(13)14/h5-9H,3-4H2,1-2H3. The number of nitro benzene ring substituents is 1. The topological polar surface area (TPSA) is 43.1 Å². The summed E-state index contributed by atoms with van der Waals surface area (Å²) in [6.45, 7) is 4.28. The molecular weight excluding hydrogens is 178 g/mol. The normalized spacial score (nSPS) is 12.4. The van der Waals surface area contributed by atoms with Crippen LogP contribution in [0.4, 0.5) is 5.69 Å². The third-order valence-corrected chi connectivity index (χ3v) is 2.39. The SMILES string of the molecule is CCCC(C)c1ccc([N+](=O)[O-])cc1. The van der Waals surface area contributed by atoms with Gasteiger partial charge in [-0.05, 0) is 17.9 Å². The van der Waals surface area contributed by atoms with Crippen molar-refractivity contribution in [1.29, 1.82) is 0 Å². The Kier molecular flexibility index (Phi) is 3.63. The second-order valence-electron chi connectivity index (χ2n) is 3.54. The van der Waals surface area contributed by atoms with E-state index in [-0.39, 0.29) is 10.6 Å². The van der Waals surface area contributed by atoms with E-state index in [9.17, 15) is 10.1 Å². The van der Waals surface area contributed by atoms with E-state index in [1.807, 2.05) is 12.1 Å². The van der Waals surface area contributed by atoms with Crippen LogP contribution in [-0.2, 0) is 0 Å². The molecule has 0 aromatic heterocycles. The largest absolute Gasteiger partial charge is 0.269 e. The fourth-order valence-electron chi connectivity index (χ4n) is 1.52. The van der Waals surface area contributed by atoms with Gasteiger partial charge in [0.2, 0.25) is 0 Å². The molecule has 0 spiro atoms. The highest BCUT2D eigenvalue weighted by atomic mass is 16.6. The van der Waals surface area contributed by atoms with E-state index in [4.69, 9.17) is 0 Å². The molecule has 0 amide bonds. The van der Waals surface area contributed by atoms with Gasteiger partial charge in [-0.2, -0.15) is 0 Å². The fourth-order valence-corrected chi connectivity index (χ4v) is 1.52. The Morgan fingerprint density at radius 3 is 2.36 bits per heavy atom. The van der Waals surface area contributed by atoms with Crippen molar-refractivity contribution in [3.05, 3.63) is 39.9 Å². The first-order valence-corrected chi connectivity index (χ1v) is 4.89. The zero-order valence-electron chi connectivity index (χ0n) is 8.56. The summed E-state index contributed by atoms with van der Waals surface area (Å²) < 4.78 is 0. The van der Waals surface area contributed by atoms with Crippen LogP contribution >= 0.6 is 0 Å². The predicted octanol–water partition coefficient (Wildman–Crippen LogP) is 3.50. The van der Waals surface area contributed by atoms with Gasteiger partial charge in [0, 0.05) is 12.1 Å². The molecule has 0 saturated carbocycles. The summed E-state index contributed by atoms with van der Waals surface area (Å²) in [7, 11) is 0. The Morgan fingerprint density at radius 2 is 1.93 bits per heavy atom. The monoisotopic (exact) mass is 193 g/mol. The summed E-state index contributed by atoms with van der Waals surface area (Å²) in [5, 5.41) is 10.4. The second kappa shape index (κ2) is 4.74. The van der Waals surface area contributed by atoms with Gasteiger partial charge in [-0.15, -0.1) is 0 Å². The lowest BCUT2D eigenvalue weighted by molar-refractivity contribution is -0.384. The van der Waals surface area contributed by atoms with Gasteiger partial charge in [0.15, 0.2) is 0 Å². The van der Waals surface area contributed by atoms with Crippen LogP contribution < -0.4 is 0 Å². The minimum atomic E-state index is -0.367. The molecule has 0 aliphatic carbocycles. The Bertz CT molecular complexity index is 306. The minimum absolute atomic E-state index is 0.164. The molecule has 0 heterocycles. The minimum Gasteiger partial charge on any atom is -0.258 e. The zero-order chi connectivity index (χ0) is 10.6. The molecule has 3 nitrogen and oxygen atoms in total. The van der Waals surface area contributed by atoms with Crippen molar-refractivity contribution in [2.45, 2.75) is 32.6 Å². The van der Waals surface area contributed by atoms with Crippen LogP contribution in [0.15, 0.2) is 24.3 Å². The molecule has 0 N–H and O–H groups in total. The summed E-state index contributed by atoms with van der Waals surface area (Å²) in [4.78, 5) is 10.0.